The number of likely N-dealkylation sites (N-methyl/N-ethyl adjacent to an activating group) is 1. The summed E-state index contributed by atoms with van der Waals surface area (Å²) in [5, 5.41) is 3.17. The zero-order chi connectivity index (χ0) is 13.8. The van der Waals surface area contributed by atoms with Gasteiger partial charge in [-0.2, -0.15) is 0 Å². The van der Waals surface area contributed by atoms with E-state index in [2.05, 4.69) is 34.0 Å². The van der Waals surface area contributed by atoms with Gasteiger partial charge in [-0.25, -0.2) is 8.78 Å². The molecule has 0 aliphatic heterocycles. The summed E-state index contributed by atoms with van der Waals surface area (Å²) in [6, 6.07) is 11.8. The number of hydrogen-bond donors (Lipinski definition) is 1. The predicted octanol–water partition coefficient (Wildman–Crippen LogP) is 4.07. The summed E-state index contributed by atoms with van der Waals surface area (Å²) in [7, 11) is 1.84. The molecule has 2 aromatic carbocycles. The highest BCUT2D eigenvalue weighted by Crippen LogP contribution is 2.22. The monoisotopic (exact) mass is 373 g/mol. The molecule has 0 spiro atoms. The number of hydrogen-bond acceptors (Lipinski definition) is 1. The minimum Gasteiger partial charge on any atom is -0.313 e. The first-order valence-corrected chi connectivity index (χ1v) is 7.04. The van der Waals surface area contributed by atoms with Gasteiger partial charge < -0.3 is 5.32 Å². The molecule has 1 nitrogen and oxygen atoms in total. The SMILES string of the molecule is CNC(Cc1ccc(F)cc1F)c1cccc(I)c1. The van der Waals surface area contributed by atoms with Crippen LogP contribution in [0.25, 0.3) is 0 Å². The quantitative estimate of drug-likeness (QED) is 0.797. The summed E-state index contributed by atoms with van der Waals surface area (Å²) in [4.78, 5) is 0. The van der Waals surface area contributed by atoms with Crippen LogP contribution in [0, 0.1) is 15.2 Å². The Morgan fingerprint density at radius 2 is 1.95 bits per heavy atom. The maximum atomic E-state index is 13.7. The summed E-state index contributed by atoms with van der Waals surface area (Å²) < 4.78 is 27.7. The largest absolute Gasteiger partial charge is 0.313 e. The van der Waals surface area contributed by atoms with Crippen LogP contribution in [-0.4, -0.2) is 7.05 Å². The van der Waals surface area contributed by atoms with E-state index in [1.54, 1.807) is 0 Å². The molecule has 4 heteroatoms. The summed E-state index contributed by atoms with van der Waals surface area (Å²) >= 11 is 2.25. The molecule has 0 aliphatic carbocycles. The molecule has 2 aromatic rings. The smallest absolute Gasteiger partial charge is 0.129 e. The average molecular weight is 373 g/mol. The van der Waals surface area contributed by atoms with Crippen LogP contribution in [0.1, 0.15) is 17.2 Å². The van der Waals surface area contributed by atoms with Gasteiger partial charge in [0.1, 0.15) is 11.6 Å². The van der Waals surface area contributed by atoms with Crippen molar-refractivity contribution in [3.05, 3.63) is 68.8 Å². The third-order valence-electron chi connectivity index (χ3n) is 3.04. The second-order valence-corrected chi connectivity index (χ2v) is 5.58. The molecule has 0 amide bonds. The molecule has 0 aromatic heterocycles. The lowest BCUT2D eigenvalue weighted by molar-refractivity contribution is 0.540. The van der Waals surface area contributed by atoms with Gasteiger partial charge >= 0.3 is 0 Å². The molecule has 2 rings (SSSR count). The zero-order valence-corrected chi connectivity index (χ0v) is 12.6. The third-order valence-corrected chi connectivity index (χ3v) is 3.71. The molecule has 0 aliphatic rings. The van der Waals surface area contributed by atoms with Crippen molar-refractivity contribution in [2.45, 2.75) is 12.5 Å². The van der Waals surface area contributed by atoms with Crippen molar-refractivity contribution in [3.8, 4) is 0 Å². The van der Waals surface area contributed by atoms with Crippen LogP contribution in [-0.2, 0) is 6.42 Å². The van der Waals surface area contributed by atoms with Crippen LogP contribution >= 0.6 is 22.6 Å². The lowest BCUT2D eigenvalue weighted by Gasteiger charge is -2.17. The van der Waals surface area contributed by atoms with E-state index in [4.69, 9.17) is 0 Å². The van der Waals surface area contributed by atoms with Crippen LogP contribution in [0.2, 0.25) is 0 Å². The Morgan fingerprint density at radius 1 is 1.16 bits per heavy atom. The number of nitrogens with one attached hydrogen (secondary N) is 1. The van der Waals surface area contributed by atoms with E-state index in [0.717, 1.165) is 15.2 Å². The minimum atomic E-state index is -0.545. The van der Waals surface area contributed by atoms with Gasteiger partial charge in [0.15, 0.2) is 0 Å². The van der Waals surface area contributed by atoms with Crippen molar-refractivity contribution < 1.29 is 8.78 Å². The lowest BCUT2D eigenvalue weighted by atomic mass is 9.99. The highest BCUT2D eigenvalue weighted by Gasteiger charge is 2.13. The summed E-state index contributed by atoms with van der Waals surface area (Å²) in [5.41, 5.74) is 1.61. The molecule has 1 unspecified atom stereocenters. The summed E-state index contributed by atoms with van der Waals surface area (Å²) in [5.74, 6) is -1.04. The van der Waals surface area contributed by atoms with Crippen molar-refractivity contribution in [2.75, 3.05) is 7.05 Å². The van der Waals surface area contributed by atoms with E-state index in [9.17, 15) is 8.78 Å². The van der Waals surface area contributed by atoms with Crippen molar-refractivity contribution in [1.82, 2.24) is 5.32 Å². The second kappa shape index (κ2) is 6.43. The van der Waals surface area contributed by atoms with Crippen molar-refractivity contribution >= 4 is 22.6 Å². The fraction of sp³-hybridized carbons (Fsp3) is 0.200. The maximum absolute atomic E-state index is 13.7. The standard InChI is InChI=1S/C15H14F2IN/c1-19-15(11-3-2-4-13(18)7-11)8-10-5-6-12(16)9-14(10)17/h2-7,9,15,19H,8H2,1H3. The average Bonchev–Trinajstić information content (AvgIpc) is 2.38. The van der Waals surface area contributed by atoms with Gasteiger partial charge in [-0.15, -0.1) is 0 Å². The normalized spacial score (nSPS) is 12.4. The van der Waals surface area contributed by atoms with Crippen LogP contribution in [0.15, 0.2) is 42.5 Å². The fourth-order valence-electron chi connectivity index (χ4n) is 2.02. The second-order valence-electron chi connectivity index (χ2n) is 4.34. The van der Waals surface area contributed by atoms with Gasteiger partial charge in [-0.05, 0) is 65.4 Å². The van der Waals surface area contributed by atoms with Crippen LogP contribution < -0.4 is 5.32 Å². The van der Waals surface area contributed by atoms with E-state index in [1.165, 1.54) is 12.1 Å². The Balaban J connectivity index is 2.24. The Bertz CT molecular complexity index is 572. The molecular weight excluding hydrogens is 359 g/mol. The molecule has 19 heavy (non-hydrogen) atoms. The molecule has 100 valence electrons. The molecule has 0 bridgehead atoms. The van der Waals surface area contributed by atoms with Crippen LogP contribution in [0.5, 0.6) is 0 Å². The zero-order valence-electron chi connectivity index (χ0n) is 10.5. The van der Waals surface area contributed by atoms with E-state index in [-0.39, 0.29) is 6.04 Å². The molecule has 0 radical (unpaired) electrons. The van der Waals surface area contributed by atoms with Gasteiger partial charge in [0, 0.05) is 15.7 Å². The van der Waals surface area contributed by atoms with Crippen LogP contribution in [0.4, 0.5) is 8.78 Å². The highest BCUT2D eigenvalue weighted by molar-refractivity contribution is 14.1. The van der Waals surface area contributed by atoms with Gasteiger partial charge in [-0.1, -0.05) is 18.2 Å². The lowest BCUT2D eigenvalue weighted by Crippen LogP contribution is -2.19. The van der Waals surface area contributed by atoms with Gasteiger partial charge in [0.2, 0.25) is 0 Å². The molecular formula is C15H14F2IN. The first kappa shape index (κ1) is 14.4. The minimum absolute atomic E-state index is 0.00896. The fourth-order valence-corrected chi connectivity index (χ4v) is 2.58. The van der Waals surface area contributed by atoms with E-state index >= 15 is 0 Å². The van der Waals surface area contributed by atoms with E-state index < -0.39 is 11.6 Å². The Kier molecular flexibility index (Phi) is 4.87. The predicted molar refractivity (Wildman–Crippen MR) is 81.0 cm³/mol. The maximum Gasteiger partial charge on any atom is 0.129 e. The molecule has 1 N–H and O–H groups in total. The number of benzene rings is 2. The summed E-state index contributed by atoms with van der Waals surface area (Å²) in [6.07, 6.45) is 0.489. The van der Waals surface area contributed by atoms with Crippen molar-refractivity contribution in [3.63, 3.8) is 0 Å². The van der Waals surface area contributed by atoms with Crippen molar-refractivity contribution in [1.29, 1.82) is 0 Å². The van der Waals surface area contributed by atoms with Gasteiger partial charge in [0.25, 0.3) is 0 Å². The van der Waals surface area contributed by atoms with E-state index in [1.807, 2.05) is 25.2 Å². The van der Waals surface area contributed by atoms with E-state index in [0.29, 0.717) is 12.0 Å². The molecule has 0 saturated heterocycles. The van der Waals surface area contributed by atoms with Gasteiger partial charge in [-0.3, -0.25) is 0 Å². The molecule has 0 heterocycles. The van der Waals surface area contributed by atoms with Crippen molar-refractivity contribution in [2.24, 2.45) is 0 Å². The highest BCUT2D eigenvalue weighted by atomic mass is 127. The van der Waals surface area contributed by atoms with Crippen LogP contribution in [0.3, 0.4) is 0 Å². The number of rotatable bonds is 4. The topological polar surface area (TPSA) is 12.0 Å². The molecule has 1 atom stereocenters. The summed E-state index contributed by atoms with van der Waals surface area (Å²) in [6.45, 7) is 0. The molecule has 0 fully saturated rings. The Morgan fingerprint density at radius 3 is 2.58 bits per heavy atom. The first-order valence-electron chi connectivity index (χ1n) is 5.97. The third kappa shape index (κ3) is 3.73. The Hall–Kier alpha value is -1.01. The van der Waals surface area contributed by atoms with Gasteiger partial charge in [0.05, 0.1) is 0 Å². The number of halogens is 3. The Labute approximate surface area is 125 Å². The molecule has 0 saturated carbocycles. The first-order chi connectivity index (χ1) is 9.10.